The lowest BCUT2D eigenvalue weighted by Gasteiger charge is -2.14. The molecule has 0 aliphatic rings. The lowest BCUT2D eigenvalue weighted by Crippen LogP contribution is -2.34. The number of aliphatic hydroxyl groups is 1. The summed E-state index contributed by atoms with van der Waals surface area (Å²) in [7, 11) is 0. The Bertz CT molecular complexity index is 420. The lowest BCUT2D eigenvalue weighted by molar-refractivity contribution is 0.0922. The van der Waals surface area contributed by atoms with E-state index in [4.69, 9.17) is 14.6 Å². The van der Waals surface area contributed by atoms with E-state index in [1.807, 2.05) is 13.8 Å². The molecule has 1 aromatic carbocycles. The van der Waals surface area contributed by atoms with Crippen LogP contribution in [0.1, 0.15) is 31.1 Å². The summed E-state index contributed by atoms with van der Waals surface area (Å²) in [4.78, 5) is 11.9. The summed E-state index contributed by atoms with van der Waals surface area (Å²) in [5.74, 6) is 0.926. The Kier molecular flexibility index (Phi) is 6.15. The average molecular weight is 267 g/mol. The highest BCUT2D eigenvalue weighted by Crippen LogP contribution is 2.28. The lowest BCUT2D eigenvalue weighted by atomic mass is 10.1. The van der Waals surface area contributed by atoms with E-state index in [0.29, 0.717) is 30.3 Å². The predicted octanol–water partition coefficient (Wildman–Crippen LogP) is 1.59. The van der Waals surface area contributed by atoms with Crippen LogP contribution in [0.4, 0.5) is 0 Å². The summed E-state index contributed by atoms with van der Waals surface area (Å²) in [5, 5.41) is 11.6. The summed E-state index contributed by atoms with van der Waals surface area (Å²) in [5.41, 5.74) is 0.479. The molecule has 0 aromatic heterocycles. The van der Waals surface area contributed by atoms with E-state index in [1.54, 1.807) is 25.1 Å². The quantitative estimate of drug-likeness (QED) is 0.787. The van der Waals surface area contributed by atoms with Crippen LogP contribution >= 0.6 is 0 Å². The van der Waals surface area contributed by atoms with Crippen LogP contribution in [0.25, 0.3) is 0 Å². The van der Waals surface area contributed by atoms with Gasteiger partial charge in [0, 0.05) is 11.6 Å². The van der Waals surface area contributed by atoms with Crippen LogP contribution < -0.4 is 14.8 Å². The maximum Gasteiger partial charge on any atom is 0.251 e. The predicted molar refractivity (Wildman–Crippen MR) is 72.8 cm³/mol. The van der Waals surface area contributed by atoms with Crippen molar-refractivity contribution in [3.8, 4) is 11.5 Å². The first-order valence-corrected chi connectivity index (χ1v) is 6.43. The van der Waals surface area contributed by atoms with Crippen LogP contribution in [-0.2, 0) is 0 Å². The van der Waals surface area contributed by atoms with Gasteiger partial charge in [0.2, 0.25) is 0 Å². The Labute approximate surface area is 113 Å². The highest BCUT2D eigenvalue weighted by Gasteiger charge is 2.13. The van der Waals surface area contributed by atoms with Gasteiger partial charge in [0.1, 0.15) is 0 Å². The molecule has 0 aliphatic heterocycles. The normalized spacial score (nSPS) is 11.8. The van der Waals surface area contributed by atoms with Crippen molar-refractivity contribution >= 4 is 5.91 Å². The molecule has 0 saturated heterocycles. The summed E-state index contributed by atoms with van der Waals surface area (Å²) < 4.78 is 10.9. The summed E-state index contributed by atoms with van der Waals surface area (Å²) >= 11 is 0. The second kappa shape index (κ2) is 7.63. The van der Waals surface area contributed by atoms with Gasteiger partial charge >= 0.3 is 0 Å². The maximum atomic E-state index is 11.9. The van der Waals surface area contributed by atoms with Crippen molar-refractivity contribution in [2.75, 3.05) is 19.8 Å². The number of ether oxygens (including phenoxy) is 2. The molecule has 0 bridgehead atoms. The van der Waals surface area contributed by atoms with E-state index in [-0.39, 0.29) is 18.6 Å². The Balaban J connectivity index is 2.90. The minimum absolute atomic E-state index is 0.0961. The molecule has 0 saturated carbocycles. The van der Waals surface area contributed by atoms with Crippen molar-refractivity contribution in [3.63, 3.8) is 0 Å². The highest BCUT2D eigenvalue weighted by molar-refractivity contribution is 5.95. The molecular formula is C14H21NO4. The maximum absolute atomic E-state index is 11.9. The average Bonchev–Trinajstić information content (AvgIpc) is 2.41. The van der Waals surface area contributed by atoms with E-state index in [2.05, 4.69) is 5.32 Å². The number of benzene rings is 1. The Morgan fingerprint density at radius 1 is 1.26 bits per heavy atom. The van der Waals surface area contributed by atoms with Crippen molar-refractivity contribution in [1.82, 2.24) is 5.32 Å². The number of carbonyl (C=O) groups is 1. The molecule has 0 heterocycles. The summed E-state index contributed by atoms with van der Waals surface area (Å²) in [6, 6.07) is 4.75. The highest BCUT2D eigenvalue weighted by atomic mass is 16.5. The SMILES string of the molecule is CCOc1ccc(C(=O)N[C@@H](C)CO)cc1OCC. The zero-order valence-corrected chi connectivity index (χ0v) is 11.6. The fraction of sp³-hybridized carbons (Fsp3) is 0.500. The fourth-order valence-corrected chi connectivity index (χ4v) is 1.55. The monoisotopic (exact) mass is 267 g/mol. The van der Waals surface area contributed by atoms with E-state index >= 15 is 0 Å². The molecular weight excluding hydrogens is 246 g/mol. The third kappa shape index (κ3) is 4.44. The summed E-state index contributed by atoms with van der Waals surface area (Å²) in [6.07, 6.45) is 0. The van der Waals surface area contributed by atoms with Gasteiger partial charge in [0.05, 0.1) is 19.8 Å². The molecule has 1 atom stereocenters. The first kappa shape index (κ1) is 15.3. The minimum Gasteiger partial charge on any atom is -0.490 e. The summed E-state index contributed by atoms with van der Waals surface area (Å²) in [6.45, 7) is 6.43. The molecule has 19 heavy (non-hydrogen) atoms. The number of hydrogen-bond donors (Lipinski definition) is 2. The molecule has 0 fully saturated rings. The van der Waals surface area contributed by atoms with Crippen LogP contribution in [0.3, 0.4) is 0 Å². The van der Waals surface area contributed by atoms with Gasteiger partial charge in [-0.1, -0.05) is 0 Å². The zero-order chi connectivity index (χ0) is 14.3. The van der Waals surface area contributed by atoms with Crippen molar-refractivity contribution in [1.29, 1.82) is 0 Å². The number of carbonyl (C=O) groups excluding carboxylic acids is 1. The molecule has 5 nitrogen and oxygen atoms in total. The van der Waals surface area contributed by atoms with Gasteiger partial charge in [-0.05, 0) is 39.0 Å². The van der Waals surface area contributed by atoms with Crippen molar-refractivity contribution in [2.45, 2.75) is 26.8 Å². The van der Waals surface area contributed by atoms with Gasteiger partial charge in [0.25, 0.3) is 5.91 Å². The van der Waals surface area contributed by atoms with Gasteiger partial charge < -0.3 is 19.9 Å². The zero-order valence-electron chi connectivity index (χ0n) is 11.6. The standard InChI is InChI=1S/C14H21NO4/c1-4-18-12-7-6-11(8-13(12)19-5-2)14(17)15-10(3)9-16/h6-8,10,16H,4-5,9H2,1-3H3,(H,15,17)/t10-/m0/s1. The van der Waals surface area contributed by atoms with E-state index < -0.39 is 0 Å². The van der Waals surface area contributed by atoms with Crippen LogP contribution in [0.2, 0.25) is 0 Å². The fourth-order valence-electron chi connectivity index (χ4n) is 1.55. The van der Waals surface area contributed by atoms with Gasteiger partial charge in [-0.2, -0.15) is 0 Å². The largest absolute Gasteiger partial charge is 0.490 e. The molecule has 0 radical (unpaired) electrons. The smallest absolute Gasteiger partial charge is 0.251 e. The first-order chi connectivity index (χ1) is 9.12. The van der Waals surface area contributed by atoms with Gasteiger partial charge in [-0.3, -0.25) is 4.79 Å². The van der Waals surface area contributed by atoms with Crippen molar-refractivity contribution < 1.29 is 19.4 Å². The molecule has 106 valence electrons. The molecule has 0 unspecified atom stereocenters. The Morgan fingerprint density at radius 3 is 2.47 bits per heavy atom. The molecule has 0 aliphatic carbocycles. The number of rotatable bonds is 7. The van der Waals surface area contributed by atoms with Crippen LogP contribution in [0, 0.1) is 0 Å². The van der Waals surface area contributed by atoms with Crippen molar-refractivity contribution in [3.05, 3.63) is 23.8 Å². The molecule has 1 amide bonds. The molecule has 1 rings (SSSR count). The van der Waals surface area contributed by atoms with E-state index in [1.165, 1.54) is 0 Å². The van der Waals surface area contributed by atoms with Crippen LogP contribution in [0.5, 0.6) is 11.5 Å². The van der Waals surface area contributed by atoms with Gasteiger partial charge in [-0.15, -0.1) is 0 Å². The topological polar surface area (TPSA) is 67.8 Å². The van der Waals surface area contributed by atoms with Crippen LogP contribution in [0.15, 0.2) is 18.2 Å². The first-order valence-electron chi connectivity index (χ1n) is 6.43. The number of aliphatic hydroxyl groups excluding tert-OH is 1. The third-order valence-corrected chi connectivity index (χ3v) is 2.46. The number of hydrogen-bond acceptors (Lipinski definition) is 4. The second-order valence-corrected chi connectivity index (χ2v) is 4.08. The van der Waals surface area contributed by atoms with Gasteiger partial charge in [0.15, 0.2) is 11.5 Å². The second-order valence-electron chi connectivity index (χ2n) is 4.08. The number of nitrogens with one attached hydrogen (secondary N) is 1. The number of amides is 1. The molecule has 5 heteroatoms. The molecule has 0 spiro atoms. The minimum atomic E-state index is -0.283. The van der Waals surface area contributed by atoms with E-state index in [0.717, 1.165) is 0 Å². The van der Waals surface area contributed by atoms with Gasteiger partial charge in [-0.25, -0.2) is 0 Å². The third-order valence-electron chi connectivity index (χ3n) is 2.46. The van der Waals surface area contributed by atoms with Crippen LogP contribution in [-0.4, -0.2) is 36.9 Å². The molecule has 2 N–H and O–H groups in total. The Hall–Kier alpha value is -1.75. The molecule has 1 aromatic rings. The Morgan fingerprint density at radius 2 is 1.89 bits per heavy atom. The van der Waals surface area contributed by atoms with Crippen molar-refractivity contribution in [2.24, 2.45) is 0 Å². The van der Waals surface area contributed by atoms with E-state index in [9.17, 15) is 4.79 Å².